The molecule has 15 heavy (non-hydrogen) atoms. The largest absolute Gasteiger partial charge is 0.478 e. The monoisotopic (exact) mass is 318 g/mol. The van der Waals surface area contributed by atoms with Crippen molar-refractivity contribution in [1.29, 1.82) is 0 Å². The van der Waals surface area contributed by atoms with Crippen molar-refractivity contribution < 1.29 is 14.3 Å². The molecule has 0 unspecified atom stereocenters. The summed E-state index contributed by atoms with van der Waals surface area (Å²) >= 11 is 2.26. The van der Waals surface area contributed by atoms with Gasteiger partial charge >= 0.3 is 5.97 Å². The van der Waals surface area contributed by atoms with Crippen LogP contribution in [0.5, 0.6) is 5.75 Å². The minimum absolute atomic E-state index is 0.292. The van der Waals surface area contributed by atoms with Gasteiger partial charge in [0, 0.05) is 3.57 Å². The summed E-state index contributed by atoms with van der Waals surface area (Å²) in [6.07, 6.45) is 1.12. The Hall–Kier alpha value is -0.780. The number of carbonyl (C=O) groups is 1. The first kappa shape index (κ1) is 10.7. The topological polar surface area (TPSA) is 35.5 Å². The molecule has 80 valence electrons. The summed E-state index contributed by atoms with van der Waals surface area (Å²) < 4.78 is 11.4. The molecule has 0 aliphatic carbocycles. The second kappa shape index (κ2) is 4.38. The van der Waals surface area contributed by atoms with E-state index in [1.807, 2.05) is 12.1 Å². The van der Waals surface area contributed by atoms with Crippen LogP contribution in [0, 0.1) is 3.57 Å². The van der Waals surface area contributed by atoms with Crippen molar-refractivity contribution in [2.75, 3.05) is 7.11 Å². The van der Waals surface area contributed by atoms with Crippen molar-refractivity contribution in [1.82, 2.24) is 0 Å². The summed E-state index contributed by atoms with van der Waals surface area (Å²) in [7, 11) is 1.38. The molecule has 1 atom stereocenters. The third-order valence-corrected chi connectivity index (χ3v) is 3.10. The number of hydrogen-bond acceptors (Lipinski definition) is 3. The standard InChI is InChI=1S/C11H11IO3/c1-14-11(13)10-4-2-7-6-8(12)3-5-9(7)15-10/h3,5-6,10H,2,4H2,1H3/t10-/m0/s1. The molecule has 0 spiro atoms. The van der Waals surface area contributed by atoms with Crippen LogP contribution in [0.3, 0.4) is 0 Å². The molecular formula is C11H11IO3. The number of fused-ring (bicyclic) bond motifs is 1. The quantitative estimate of drug-likeness (QED) is 0.588. The van der Waals surface area contributed by atoms with Crippen LogP contribution >= 0.6 is 22.6 Å². The molecule has 2 rings (SSSR count). The molecule has 0 bridgehead atoms. The number of aryl methyl sites for hydroxylation is 1. The van der Waals surface area contributed by atoms with Crippen LogP contribution in [0.4, 0.5) is 0 Å². The minimum Gasteiger partial charge on any atom is -0.478 e. The average Bonchev–Trinajstić information content (AvgIpc) is 2.27. The van der Waals surface area contributed by atoms with E-state index in [-0.39, 0.29) is 5.97 Å². The molecule has 0 aromatic heterocycles. The number of rotatable bonds is 1. The van der Waals surface area contributed by atoms with E-state index in [1.165, 1.54) is 16.2 Å². The molecule has 1 aliphatic heterocycles. The molecule has 0 radical (unpaired) electrons. The third-order valence-electron chi connectivity index (χ3n) is 2.43. The number of benzene rings is 1. The van der Waals surface area contributed by atoms with Crippen LogP contribution in [0.1, 0.15) is 12.0 Å². The molecule has 0 amide bonds. The minimum atomic E-state index is -0.442. The van der Waals surface area contributed by atoms with Gasteiger partial charge in [-0.3, -0.25) is 0 Å². The van der Waals surface area contributed by atoms with E-state index in [0.717, 1.165) is 12.2 Å². The van der Waals surface area contributed by atoms with Gasteiger partial charge in [-0.15, -0.1) is 0 Å². The highest BCUT2D eigenvalue weighted by Gasteiger charge is 2.26. The van der Waals surface area contributed by atoms with Crippen molar-refractivity contribution in [2.24, 2.45) is 0 Å². The number of halogens is 1. The van der Waals surface area contributed by atoms with Gasteiger partial charge in [0.15, 0.2) is 6.10 Å². The van der Waals surface area contributed by atoms with E-state index in [9.17, 15) is 4.79 Å². The van der Waals surface area contributed by atoms with Crippen LogP contribution in [0.25, 0.3) is 0 Å². The van der Waals surface area contributed by atoms with Gasteiger partial charge in [-0.2, -0.15) is 0 Å². The smallest absolute Gasteiger partial charge is 0.347 e. The third kappa shape index (κ3) is 2.25. The Labute approximate surface area is 102 Å². The Morgan fingerprint density at radius 1 is 1.60 bits per heavy atom. The van der Waals surface area contributed by atoms with Gasteiger partial charge in [0.2, 0.25) is 0 Å². The zero-order valence-corrected chi connectivity index (χ0v) is 10.5. The average molecular weight is 318 g/mol. The maximum absolute atomic E-state index is 11.3. The first-order chi connectivity index (χ1) is 7.20. The molecule has 0 fully saturated rings. The molecule has 1 heterocycles. The van der Waals surface area contributed by atoms with E-state index in [1.54, 1.807) is 0 Å². The molecule has 0 saturated heterocycles. The number of hydrogen-bond donors (Lipinski definition) is 0. The first-order valence-electron chi connectivity index (χ1n) is 4.73. The lowest BCUT2D eigenvalue weighted by molar-refractivity contribution is -0.149. The summed E-state index contributed by atoms with van der Waals surface area (Å²) in [5.74, 6) is 0.510. The van der Waals surface area contributed by atoms with E-state index >= 15 is 0 Å². The van der Waals surface area contributed by atoms with Crippen molar-refractivity contribution >= 4 is 28.6 Å². The van der Waals surface area contributed by atoms with Crippen LogP contribution < -0.4 is 4.74 Å². The molecule has 3 nitrogen and oxygen atoms in total. The van der Waals surface area contributed by atoms with Crippen molar-refractivity contribution in [3.05, 3.63) is 27.3 Å². The number of ether oxygens (including phenoxy) is 2. The fraction of sp³-hybridized carbons (Fsp3) is 0.364. The lowest BCUT2D eigenvalue weighted by atomic mass is 10.0. The summed E-state index contributed by atoms with van der Waals surface area (Å²) in [6, 6.07) is 5.97. The van der Waals surface area contributed by atoms with Crippen LogP contribution in [0.15, 0.2) is 18.2 Å². The van der Waals surface area contributed by atoms with E-state index in [4.69, 9.17) is 4.74 Å². The highest BCUT2D eigenvalue weighted by Crippen LogP contribution is 2.29. The van der Waals surface area contributed by atoms with Gasteiger partial charge in [0.05, 0.1) is 7.11 Å². The number of methoxy groups -OCH3 is 1. The second-order valence-electron chi connectivity index (χ2n) is 3.42. The second-order valence-corrected chi connectivity index (χ2v) is 4.67. The van der Waals surface area contributed by atoms with Crippen molar-refractivity contribution in [2.45, 2.75) is 18.9 Å². The fourth-order valence-corrected chi connectivity index (χ4v) is 2.21. The molecule has 0 saturated carbocycles. The predicted molar refractivity (Wildman–Crippen MR) is 63.9 cm³/mol. The van der Waals surface area contributed by atoms with Gasteiger partial charge in [-0.25, -0.2) is 4.79 Å². The number of carbonyl (C=O) groups excluding carboxylic acids is 1. The fourth-order valence-electron chi connectivity index (χ4n) is 1.65. The van der Waals surface area contributed by atoms with Crippen LogP contribution in [-0.4, -0.2) is 19.2 Å². The lowest BCUT2D eigenvalue weighted by Gasteiger charge is -2.24. The van der Waals surface area contributed by atoms with E-state index in [0.29, 0.717) is 6.42 Å². The maximum atomic E-state index is 11.3. The molecule has 1 aromatic carbocycles. The highest BCUT2D eigenvalue weighted by atomic mass is 127. The Morgan fingerprint density at radius 2 is 2.40 bits per heavy atom. The molecule has 4 heteroatoms. The Kier molecular flexibility index (Phi) is 3.14. The number of esters is 1. The van der Waals surface area contributed by atoms with Crippen LogP contribution in [-0.2, 0) is 16.0 Å². The summed E-state index contributed by atoms with van der Waals surface area (Å²) in [6.45, 7) is 0. The first-order valence-corrected chi connectivity index (χ1v) is 5.81. The molecular weight excluding hydrogens is 307 g/mol. The van der Waals surface area contributed by atoms with Gasteiger partial charge in [0.25, 0.3) is 0 Å². The van der Waals surface area contributed by atoms with Gasteiger partial charge < -0.3 is 9.47 Å². The van der Waals surface area contributed by atoms with Gasteiger partial charge in [0.1, 0.15) is 5.75 Å². The zero-order valence-electron chi connectivity index (χ0n) is 8.33. The highest BCUT2D eigenvalue weighted by molar-refractivity contribution is 14.1. The van der Waals surface area contributed by atoms with Crippen molar-refractivity contribution in [3.8, 4) is 5.75 Å². The Morgan fingerprint density at radius 3 is 3.13 bits per heavy atom. The zero-order chi connectivity index (χ0) is 10.8. The van der Waals surface area contributed by atoms with Crippen molar-refractivity contribution in [3.63, 3.8) is 0 Å². The predicted octanol–water partition coefficient (Wildman–Crippen LogP) is 2.16. The van der Waals surface area contributed by atoms with Gasteiger partial charge in [-0.1, -0.05) is 0 Å². The van der Waals surface area contributed by atoms with Crippen LogP contribution in [0.2, 0.25) is 0 Å². The van der Waals surface area contributed by atoms with E-state index in [2.05, 4.69) is 33.4 Å². The Bertz CT molecular complexity index is 389. The molecule has 1 aliphatic rings. The summed E-state index contributed by atoms with van der Waals surface area (Å²) in [4.78, 5) is 11.3. The lowest BCUT2D eigenvalue weighted by Crippen LogP contribution is -2.32. The SMILES string of the molecule is COC(=O)[C@@H]1CCc2cc(I)ccc2O1. The normalized spacial score (nSPS) is 18.9. The molecule has 1 aromatic rings. The van der Waals surface area contributed by atoms with E-state index < -0.39 is 6.10 Å². The summed E-state index contributed by atoms with van der Waals surface area (Å²) in [5, 5.41) is 0. The Balaban J connectivity index is 2.20. The molecule has 0 N–H and O–H groups in total. The maximum Gasteiger partial charge on any atom is 0.347 e. The summed E-state index contributed by atoms with van der Waals surface area (Å²) in [5.41, 5.74) is 1.17. The van der Waals surface area contributed by atoms with Gasteiger partial charge in [-0.05, 0) is 59.2 Å².